The fourth-order valence-electron chi connectivity index (χ4n) is 5.01. The molecule has 2 saturated heterocycles. The highest BCUT2D eigenvalue weighted by atomic mass is 32.2. The number of aryl methyl sites for hydroxylation is 1. The first-order chi connectivity index (χ1) is 17.5. The normalized spacial score (nSPS) is 18.1. The zero-order valence-corrected chi connectivity index (χ0v) is 22.3. The van der Waals surface area contributed by atoms with E-state index in [0.29, 0.717) is 38.7 Å². The second kappa shape index (κ2) is 10.6. The predicted molar refractivity (Wildman–Crippen MR) is 151 cm³/mol. The number of carbonyl (C=O) groups is 1. The van der Waals surface area contributed by atoms with Crippen LogP contribution in [0, 0.1) is 12.8 Å². The van der Waals surface area contributed by atoms with Crippen molar-refractivity contribution in [3.05, 3.63) is 80.6 Å². The van der Waals surface area contributed by atoms with Gasteiger partial charge in [0.05, 0.1) is 10.5 Å². The van der Waals surface area contributed by atoms with Gasteiger partial charge < -0.3 is 4.90 Å². The molecule has 0 radical (unpaired) electrons. The van der Waals surface area contributed by atoms with Crippen molar-refractivity contribution in [1.82, 2.24) is 14.3 Å². The second-order valence-corrected chi connectivity index (χ2v) is 11.2. The summed E-state index contributed by atoms with van der Waals surface area (Å²) < 4.78 is 2.13. The Bertz CT molecular complexity index is 1390. The van der Waals surface area contributed by atoms with E-state index < -0.39 is 0 Å². The highest BCUT2D eigenvalue weighted by Gasteiger charge is 2.32. The first-order valence-corrected chi connectivity index (χ1v) is 13.7. The van der Waals surface area contributed by atoms with Gasteiger partial charge >= 0.3 is 0 Å². The molecular weight excluding hydrogens is 488 g/mol. The van der Waals surface area contributed by atoms with E-state index >= 15 is 0 Å². The first-order valence-electron chi connectivity index (χ1n) is 12.5. The minimum absolute atomic E-state index is 0.131. The van der Waals surface area contributed by atoms with Crippen LogP contribution < -0.4 is 10.5 Å². The van der Waals surface area contributed by atoms with Crippen molar-refractivity contribution < 1.29 is 4.79 Å². The number of fused-ring (bicyclic) bond motifs is 1. The van der Waals surface area contributed by atoms with Crippen molar-refractivity contribution >= 4 is 51.7 Å². The molecule has 0 bridgehead atoms. The van der Waals surface area contributed by atoms with Crippen molar-refractivity contribution in [2.75, 3.05) is 24.5 Å². The van der Waals surface area contributed by atoms with Gasteiger partial charge in [-0.15, -0.1) is 0 Å². The molecule has 4 heterocycles. The molecule has 0 unspecified atom stereocenters. The van der Waals surface area contributed by atoms with Gasteiger partial charge in [0, 0.05) is 25.8 Å². The molecule has 0 aliphatic carbocycles. The lowest BCUT2D eigenvalue weighted by Crippen LogP contribution is -2.37. The summed E-state index contributed by atoms with van der Waals surface area (Å²) in [4.78, 5) is 36.1. The van der Waals surface area contributed by atoms with Crippen LogP contribution in [-0.2, 0) is 11.2 Å². The van der Waals surface area contributed by atoms with Crippen molar-refractivity contribution in [3.8, 4) is 0 Å². The fraction of sp³-hybridized carbons (Fsp3) is 0.357. The number of aromatic nitrogens is 2. The maximum atomic E-state index is 13.7. The molecule has 186 valence electrons. The van der Waals surface area contributed by atoms with E-state index in [4.69, 9.17) is 17.2 Å². The fourth-order valence-corrected chi connectivity index (χ4v) is 6.30. The summed E-state index contributed by atoms with van der Waals surface area (Å²) in [5.41, 5.74) is 3.25. The van der Waals surface area contributed by atoms with Crippen LogP contribution in [0.1, 0.15) is 42.9 Å². The molecule has 5 rings (SSSR count). The smallest absolute Gasteiger partial charge is 0.267 e. The maximum Gasteiger partial charge on any atom is 0.267 e. The van der Waals surface area contributed by atoms with Crippen molar-refractivity contribution in [3.63, 3.8) is 0 Å². The van der Waals surface area contributed by atoms with Gasteiger partial charge in [-0.3, -0.25) is 18.9 Å². The number of hydrogen-bond acceptors (Lipinski definition) is 6. The molecule has 2 fully saturated rings. The lowest BCUT2D eigenvalue weighted by Gasteiger charge is -2.33. The van der Waals surface area contributed by atoms with Gasteiger partial charge in [-0.2, -0.15) is 0 Å². The second-order valence-electron chi connectivity index (χ2n) is 9.49. The number of amides is 1. The molecule has 0 atom stereocenters. The quantitative estimate of drug-likeness (QED) is 0.335. The van der Waals surface area contributed by atoms with E-state index in [9.17, 15) is 9.59 Å². The topological polar surface area (TPSA) is 57.9 Å². The summed E-state index contributed by atoms with van der Waals surface area (Å²) in [6, 6.07) is 14.4. The number of piperidine rings is 1. The molecule has 8 heteroatoms. The Morgan fingerprint density at radius 3 is 2.58 bits per heavy atom. The molecule has 0 saturated carbocycles. The minimum Gasteiger partial charge on any atom is -0.356 e. The van der Waals surface area contributed by atoms with Gasteiger partial charge in [0.25, 0.3) is 11.5 Å². The van der Waals surface area contributed by atoms with Crippen molar-refractivity contribution in [2.45, 2.75) is 39.5 Å². The van der Waals surface area contributed by atoms with Crippen molar-refractivity contribution in [1.29, 1.82) is 0 Å². The van der Waals surface area contributed by atoms with Crippen molar-refractivity contribution in [2.24, 2.45) is 5.92 Å². The maximum absolute atomic E-state index is 13.7. The van der Waals surface area contributed by atoms with Crippen LogP contribution in [0.5, 0.6) is 0 Å². The molecular formula is C28H30N4O2S2. The molecule has 6 nitrogen and oxygen atoms in total. The monoisotopic (exact) mass is 518 g/mol. The Balaban J connectivity index is 1.50. The van der Waals surface area contributed by atoms with Gasteiger partial charge in [0.1, 0.15) is 15.8 Å². The third kappa shape index (κ3) is 4.84. The summed E-state index contributed by atoms with van der Waals surface area (Å²) in [6.07, 6.45) is 7.40. The van der Waals surface area contributed by atoms with Crippen LogP contribution >= 0.6 is 24.0 Å². The summed E-state index contributed by atoms with van der Waals surface area (Å²) in [5, 5.41) is 0. The molecule has 3 aromatic rings. The minimum atomic E-state index is -0.161. The lowest BCUT2D eigenvalue weighted by atomic mass is 9.90. The number of hydrogen-bond donors (Lipinski definition) is 0. The number of thiocarbonyl (C=S) groups is 1. The third-order valence-electron chi connectivity index (χ3n) is 6.94. The standard InChI is InChI=1S/C28H30N4O2S2/c1-3-13-32-27(34)23(36-28(32)35)18-22-25(29-24-19(2)8-7-14-31(24)26(22)33)30-15-11-21(12-16-30)17-20-9-5-4-6-10-20/h4-10,14,18,21H,3,11-13,15-17H2,1-2H3/b23-18+. The average molecular weight is 519 g/mol. The molecule has 1 amide bonds. The Kier molecular flexibility index (Phi) is 7.25. The SMILES string of the molecule is CCCN1C(=O)/C(=C\c2c(N3CCC(Cc4ccccc4)CC3)nc3c(C)cccn3c2=O)SC1=S. The molecule has 2 aliphatic heterocycles. The summed E-state index contributed by atoms with van der Waals surface area (Å²) in [5.74, 6) is 1.13. The van der Waals surface area contributed by atoms with E-state index in [1.165, 1.54) is 17.3 Å². The predicted octanol–water partition coefficient (Wildman–Crippen LogP) is 5.07. The van der Waals surface area contributed by atoms with Gasteiger partial charge in [0.15, 0.2) is 0 Å². The Morgan fingerprint density at radius 2 is 1.86 bits per heavy atom. The largest absolute Gasteiger partial charge is 0.356 e. The third-order valence-corrected chi connectivity index (χ3v) is 8.32. The number of carbonyl (C=O) groups excluding carboxylic acids is 1. The molecule has 1 aromatic carbocycles. The van der Waals surface area contributed by atoms with Gasteiger partial charge in [-0.25, -0.2) is 4.98 Å². The van der Waals surface area contributed by atoms with Crippen LogP contribution in [0.25, 0.3) is 11.7 Å². The van der Waals surface area contributed by atoms with Gasteiger partial charge in [-0.05, 0) is 61.8 Å². The Hall–Kier alpha value is -2.97. The Morgan fingerprint density at radius 1 is 1.11 bits per heavy atom. The lowest BCUT2D eigenvalue weighted by molar-refractivity contribution is -0.122. The van der Waals surface area contributed by atoms with E-state index in [-0.39, 0.29) is 11.5 Å². The molecule has 2 aliphatic rings. The summed E-state index contributed by atoms with van der Waals surface area (Å²) >= 11 is 6.71. The number of benzene rings is 1. The van der Waals surface area contributed by atoms with Gasteiger partial charge in [-0.1, -0.05) is 67.3 Å². The van der Waals surface area contributed by atoms with Crippen LogP contribution in [0.3, 0.4) is 0 Å². The van der Waals surface area contributed by atoms with Gasteiger partial charge in [0.2, 0.25) is 0 Å². The molecule has 0 spiro atoms. The summed E-state index contributed by atoms with van der Waals surface area (Å²) in [6.45, 7) is 6.21. The summed E-state index contributed by atoms with van der Waals surface area (Å²) in [7, 11) is 0. The van der Waals surface area contributed by atoms with E-state index in [2.05, 4.69) is 35.2 Å². The number of thioether (sulfide) groups is 1. The van der Waals surface area contributed by atoms with E-state index in [1.54, 1.807) is 21.6 Å². The number of pyridine rings is 1. The van der Waals surface area contributed by atoms with Crippen LogP contribution in [0.15, 0.2) is 58.4 Å². The first kappa shape index (κ1) is 24.7. The molecule has 36 heavy (non-hydrogen) atoms. The van der Waals surface area contributed by atoms with E-state index in [0.717, 1.165) is 44.3 Å². The molecule has 0 N–H and O–H groups in total. The van der Waals surface area contributed by atoms with E-state index in [1.807, 2.05) is 26.0 Å². The van der Waals surface area contributed by atoms with Crippen LogP contribution in [-0.4, -0.2) is 44.1 Å². The zero-order valence-electron chi connectivity index (χ0n) is 20.6. The Labute approximate surface area is 221 Å². The highest BCUT2D eigenvalue weighted by molar-refractivity contribution is 8.26. The zero-order chi connectivity index (χ0) is 25.2. The highest BCUT2D eigenvalue weighted by Crippen LogP contribution is 2.34. The average Bonchev–Trinajstić information content (AvgIpc) is 3.15. The number of anilines is 1. The number of nitrogens with zero attached hydrogens (tertiary/aromatic N) is 4. The van der Waals surface area contributed by atoms with Crippen LogP contribution in [0.2, 0.25) is 0 Å². The number of rotatable bonds is 6. The molecule has 2 aromatic heterocycles. The van der Waals surface area contributed by atoms with Crippen LogP contribution in [0.4, 0.5) is 5.82 Å².